The van der Waals surface area contributed by atoms with Crippen molar-refractivity contribution in [3.63, 3.8) is 0 Å². The van der Waals surface area contributed by atoms with Crippen LogP contribution in [0.25, 0.3) is 0 Å². The average Bonchev–Trinajstić information content (AvgIpc) is 2.36. The molecule has 2 N–H and O–H groups in total. The minimum Gasteiger partial charge on any atom is -0.378 e. The fourth-order valence-corrected chi connectivity index (χ4v) is 3.13. The van der Waals surface area contributed by atoms with E-state index in [0.717, 1.165) is 39.2 Å². The van der Waals surface area contributed by atoms with Crippen molar-refractivity contribution in [3.8, 4) is 0 Å². The van der Waals surface area contributed by atoms with Gasteiger partial charge in [0, 0.05) is 24.1 Å². The molecule has 2 atom stereocenters. The summed E-state index contributed by atoms with van der Waals surface area (Å²) in [6.45, 7) is 13.9. The van der Waals surface area contributed by atoms with E-state index in [1.165, 1.54) is 6.42 Å². The highest BCUT2D eigenvalue weighted by molar-refractivity contribution is 5.14. The first-order valence-corrected chi connectivity index (χ1v) is 8.04. The van der Waals surface area contributed by atoms with E-state index in [2.05, 4.69) is 51.6 Å². The van der Waals surface area contributed by atoms with Crippen molar-refractivity contribution < 1.29 is 4.74 Å². The predicted molar refractivity (Wildman–Crippen MR) is 86.0 cm³/mol. The number of nitrogens with two attached hydrogens (primary N) is 1. The van der Waals surface area contributed by atoms with Crippen molar-refractivity contribution in [2.75, 3.05) is 46.9 Å². The van der Waals surface area contributed by atoms with Crippen LogP contribution in [-0.2, 0) is 4.74 Å². The van der Waals surface area contributed by atoms with Gasteiger partial charge in [-0.25, -0.2) is 0 Å². The molecule has 1 aliphatic carbocycles. The lowest BCUT2D eigenvalue weighted by molar-refractivity contribution is -0.156. The summed E-state index contributed by atoms with van der Waals surface area (Å²) in [6, 6.07) is 0. The minimum atomic E-state index is -0.110. The van der Waals surface area contributed by atoms with Gasteiger partial charge in [0.25, 0.3) is 0 Å². The summed E-state index contributed by atoms with van der Waals surface area (Å²) in [7, 11) is 4.25. The largest absolute Gasteiger partial charge is 0.378 e. The molecule has 0 aromatic heterocycles. The Labute approximate surface area is 125 Å². The zero-order valence-electron chi connectivity index (χ0n) is 14.4. The second-order valence-corrected chi connectivity index (χ2v) is 7.05. The standard InChI is InChI=1S/C16H35N3O/c1-7-19(11-9-10-18(5)6)13-16(17)12-14(20-8-2)15(16,3)4/h14H,7-13,17H2,1-6H3. The lowest BCUT2D eigenvalue weighted by Crippen LogP contribution is -2.73. The molecule has 1 aliphatic rings. The number of hydrogen-bond donors (Lipinski definition) is 1. The second-order valence-electron chi connectivity index (χ2n) is 7.05. The van der Waals surface area contributed by atoms with Crippen LogP contribution in [0.1, 0.15) is 40.5 Å². The van der Waals surface area contributed by atoms with E-state index < -0.39 is 0 Å². The summed E-state index contributed by atoms with van der Waals surface area (Å²) in [5, 5.41) is 0. The normalized spacial score (nSPS) is 28.9. The fraction of sp³-hybridized carbons (Fsp3) is 1.00. The van der Waals surface area contributed by atoms with Crippen LogP contribution in [0.15, 0.2) is 0 Å². The molecule has 0 aromatic carbocycles. The van der Waals surface area contributed by atoms with Gasteiger partial charge in [-0.15, -0.1) is 0 Å². The molecule has 1 saturated carbocycles. The number of nitrogens with zero attached hydrogens (tertiary/aromatic N) is 2. The van der Waals surface area contributed by atoms with Crippen LogP contribution in [0.3, 0.4) is 0 Å². The van der Waals surface area contributed by atoms with Crippen LogP contribution in [0, 0.1) is 5.41 Å². The van der Waals surface area contributed by atoms with E-state index in [1.807, 2.05) is 0 Å². The van der Waals surface area contributed by atoms with Gasteiger partial charge in [0.05, 0.1) is 6.10 Å². The molecular formula is C16H35N3O. The molecular weight excluding hydrogens is 250 g/mol. The molecule has 0 radical (unpaired) electrons. The Morgan fingerprint density at radius 3 is 2.30 bits per heavy atom. The van der Waals surface area contributed by atoms with Crippen LogP contribution >= 0.6 is 0 Å². The van der Waals surface area contributed by atoms with Gasteiger partial charge in [-0.1, -0.05) is 20.8 Å². The third-order valence-corrected chi connectivity index (χ3v) is 5.04. The summed E-state index contributed by atoms with van der Waals surface area (Å²) < 4.78 is 5.81. The molecule has 0 amide bonds. The first kappa shape index (κ1) is 17.9. The SMILES string of the molecule is CCOC1CC(N)(CN(CC)CCCN(C)C)C1(C)C. The highest BCUT2D eigenvalue weighted by atomic mass is 16.5. The van der Waals surface area contributed by atoms with Gasteiger partial charge in [0.1, 0.15) is 0 Å². The zero-order chi connectivity index (χ0) is 15.4. The Morgan fingerprint density at radius 2 is 1.85 bits per heavy atom. The van der Waals surface area contributed by atoms with Crippen molar-refractivity contribution in [2.45, 2.75) is 52.2 Å². The van der Waals surface area contributed by atoms with Gasteiger partial charge >= 0.3 is 0 Å². The van der Waals surface area contributed by atoms with E-state index in [0.29, 0.717) is 6.10 Å². The van der Waals surface area contributed by atoms with Crippen LogP contribution in [0.2, 0.25) is 0 Å². The van der Waals surface area contributed by atoms with Crippen molar-refractivity contribution in [2.24, 2.45) is 11.1 Å². The maximum absolute atomic E-state index is 6.68. The van der Waals surface area contributed by atoms with Crippen LogP contribution in [0.5, 0.6) is 0 Å². The zero-order valence-corrected chi connectivity index (χ0v) is 14.4. The van der Waals surface area contributed by atoms with E-state index >= 15 is 0 Å². The Bertz CT molecular complexity index is 293. The van der Waals surface area contributed by atoms with Crippen molar-refractivity contribution in [1.29, 1.82) is 0 Å². The number of ether oxygens (including phenoxy) is 1. The van der Waals surface area contributed by atoms with Crippen molar-refractivity contribution in [1.82, 2.24) is 9.80 Å². The topological polar surface area (TPSA) is 41.7 Å². The van der Waals surface area contributed by atoms with Gasteiger partial charge in [0.15, 0.2) is 0 Å². The maximum Gasteiger partial charge on any atom is 0.0662 e. The van der Waals surface area contributed by atoms with Crippen molar-refractivity contribution >= 4 is 0 Å². The summed E-state index contributed by atoms with van der Waals surface area (Å²) in [5.74, 6) is 0. The Balaban J connectivity index is 2.48. The molecule has 4 nitrogen and oxygen atoms in total. The molecule has 0 bridgehead atoms. The molecule has 0 heterocycles. The quantitative estimate of drug-likeness (QED) is 0.701. The van der Waals surface area contributed by atoms with Gasteiger partial charge in [-0.2, -0.15) is 0 Å². The average molecular weight is 285 g/mol. The van der Waals surface area contributed by atoms with Crippen LogP contribution in [-0.4, -0.2) is 68.3 Å². The molecule has 0 spiro atoms. The highest BCUT2D eigenvalue weighted by Crippen LogP contribution is 2.50. The van der Waals surface area contributed by atoms with E-state index in [4.69, 9.17) is 10.5 Å². The number of hydrogen-bond acceptors (Lipinski definition) is 4. The summed E-state index contributed by atoms with van der Waals surface area (Å²) in [4.78, 5) is 4.73. The lowest BCUT2D eigenvalue weighted by atomic mass is 9.54. The van der Waals surface area contributed by atoms with E-state index in [9.17, 15) is 0 Å². The fourth-order valence-electron chi connectivity index (χ4n) is 3.13. The van der Waals surface area contributed by atoms with Crippen LogP contribution in [0.4, 0.5) is 0 Å². The van der Waals surface area contributed by atoms with Gasteiger partial charge in [0.2, 0.25) is 0 Å². The molecule has 2 unspecified atom stereocenters. The summed E-state index contributed by atoms with van der Waals surface area (Å²) in [5.41, 5.74) is 6.63. The first-order chi connectivity index (χ1) is 9.26. The molecule has 20 heavy (non-hydrogen) atoms. The Morgan fingerprint density at radius 1 is 1.20 bits per heavy atom. The molecule has 1 fully saturated rings. The van der Waals surface area contributed by atoms with Gasteiger partial charge < -0.3 is 20.3 Å². The summed E-state index contributed by atoms with van der Waals surface area (Å²) >= 11 is 0. The Hall–Kier alpha value is -0.160. The third-order valence-electron chi connectivity index (χ3n) is 5.04. The Kier molecular flexibility index (Phi) is 6.45. The molecule has 0 saturated heterocycles. The minimum absolute atomic E-state index is 0.0674. The van der Waals surface area contributed by atoms with E-state index in [-0.39, 0.29) is 11.0 Å². The maximum atomic E-state index is 6.68. The molecule has 0 aliphatic heterocycles. The van der Waals surface area contributed by atoms with Crippen LogP contribution < -0.4 is 5.73 Å². The molecule has 120 valence electrons. The molecule has 0 aromatic rings. The highest BCUT2D eigenvalue weighted by Gasteiger charge is 2.58. The van der Waals surface area contributed by atoms with Gasteiger partial charge in [-0.05, 0) is 53.5 Å². The number of rotatable bonds is 9. The first-order valence-electron chi connectivity index (χ1n) is 8.04. The van der Waals surface area contributed by atoms with Crippen molar-refractivity contribution in [3.05, 3.63) is 0 Å². The van der Waals surface area contributed by atoms with Gasteiger partial charge in [-0.3, -0.25) is 0 Å². The predicted octanol–water partition coefficient (Wildman–Crippen LogP) is 1.79. The van der Waals surface area contributed by atoms with E-state index in [1.54, 1.807) is 0 Å². The number of likely N-dealkylation sites (N-methyl/N-ethyl adjacent to an activating group) is 1. The molecule has 1 rings (SSSR count). The molecule has 4 heteroatoms. The monoisotopic (exact) mass is 285 g/mol. The lowest BCUT2D eigenvalue weighted by Gasteiger charge is -2.60. The smallest absolute Gasteiger partial charge is 0.0662 e. The third kappa shape index (κ3) is 3.94. The second kappa shape index (κ2) is 7.21. The summed E-state index contributed by atoms with van der Waals surface area (Å²) in [6.07, 6.45) is 2.50.